The number of rotatable bonds is 3. The first kappa shape index (κ1) is 7.58. The van der Waals surface area contributed by atoms with Crippen LogP contribution in [0.4, 0.5) is 0 Å². The van der Waals surface area contributed by atoms with Crippen LogP contribution in [0.15, 0.2) is 5.10 Å². The predicted octanol–water partition coefficient (Wildman–Crippen LogP) is 1.72. The SMILES string of the molecule is C=NN(C)CC1CCCC1. The van der Waals surface area contributed by atoms with E-state index in [0.717, 1.165) is 12.5 Å². The van der Waals surface area contributed by atoms with Crippen LogP contribution in [0.2, 0.25) is 0 Å². The third-order valence-electron chi connectivity index (χ3n) is 2.24. The third-order valence-corrected chi connectivity index (χ3v) is 2.24. The van der Waals surface area contributed by atoms with Gasteiger partial charge in [-0.15, -0.1) is 0 Å². The molecule has 2 nitrogen and oxygen atoms in total. The molecular formula is C8H16N2. The summed E-state index contributed by atoms with van der Waals surface area (Å²) in [5.41, 5.74) is 0. The minimum absolute atomic E-state index is 0.885. The van der Waals surface area contributed by atoms with Crippen molar-refractivity contribution in [1.82, 2.24) is 5.01 Å². The summed E-state index contributed by atoms with van der Waals surface area (Å²) in [5.74, 6) is 0.885. The molecule has 1 aliphatic rings. The highest BCUT2D eigenvalue weighted by Gasteiger charge is 2.15. The van der Waals surface area contributed by atoms with Gasteiger partial charge in [-0.2, -0.15) is 5.10 Å². The second-order valence-electron chi connectivity index (χ2n) is 3.13. The summed E-state index contributed by atoms with van der Waals surface area (Å²) in [6.07, 6.45) is 5.60. The molecule has 0 radical (unpaired) electrons. The summed E-state index contributed by atoms with van der Waals surface area (Å²) < 4.78 is 0. The van der Waals surface area contributed by atoms with Crippen LogP contribution in [-0.4, -0.2) is 25.3 Å². The van der Waals surface area contributed by atoms with Gasteiger partial charge < -0.3 is 5.01 Å². The Kier molecular flexibility index (Phi) is 2.72. The predicted molar refractivity (Wildman–Crippen MR) is 44.1 cm³/mol. The highest BCUT2D eigenvalue weighted by Crippen LogP contribution is 2.24. The van der Waals surface area contributed by atoms with Gasteiger partial charge >= 0.3 is 0 Å². The van der Waals surface area contributed by atoms with Gasteiger partial charge in [0.05, 0.1) is 0 Å². The Balaban J connectivity index is 2.17. The zero-order valence-electron chi connectivity index (χ0n) is 6.71. The Labute approximate surface area is 62.9 Å². The van der Waals surface area contributed by atoms with Crippen LogP contribution in [0.25, 0.3) is 0 Å². The molecule has 0 unspecified atom stereocenters. The first-order valence-electron chi connectivity index (χ1n) is 4.00. The van der Waals surface area contributed by atoms with Crippen molar-refractivity contribution in [2.75, 3.05) is 13.6 Å². The quantitative estimate of drug-likeness (QED) is 0.430. The largest absolute Gasteiger partial charge is 0.300 e. The van der Waals surface area contributed by atoms with Gasteiger partial charge in [0.15, 0.2) is 0 Å². The molecule has 2 heteroatoms. The van der Waals surface area contributed by atoms with Crippen molar-refractivity contribution in [3.8, 4) is 0 Å². The summed E-state index contributed by atoms with van der Waals surface area (Å²) in [7, 11) is 1.99. The van der Waals surface area contributed by atoms with Crippen LogP contribution in [0, 0.1) is 5.92 Å². The molecule has 0 spiro atoms. The molecule has 1 fully saturated rings. The molecule has 0 aliphatic heterocycles. The van der Waals surface area contributed by atoms with Gasteiger partial charge in [0.2, 0.25) is 0 Å². The van der Waals surface area contributed by atoms with Gasteiger partial charge in [0.1, 0.15) is 0 Å². The fraction of sp³-hybridized carbons (Fsp3) is 0.875. The van der Waals surface area contributed by atoms with E-state index < -0.39 is 0 Å². The normalized spacial score (nSPS) is 19.3. The van der Waals surface area contributed by atoms with Gasteiger partial charge in [-0.1, -0.05) is 12.8 Å². The van der Waals surface area contributed by atoms with Crippen molar-refractivity contribution in [3.63, 3.8) is 0 Å². The zero-order valence-corrected chi connectivity index (χ0v) is 6.71. The Morgan fingerprint density at radius 2 is 2.10 bits per heavy atom. The maximum Gasteiger partial charge on any atom is 0.0385 e. The van der Waals surface area contributed by atoms with Crippen molar-refractivity contribution < 1.29 is 0 Å². The average molecular weight is 140 g/mol. The number of hydrogen-bond donors (Lipinski definition) is 0. The highest BCUT2D eigenvalue weighted by molar-refractivity contribution is 5.22. The van der Waals surface area contributed by atoms with Crippen molar-refractivity contribution >= 4 is 6.72 Å². The summed E-state index contributed by atoms with van der Waals surface area (Å²) in [6, 6.07) is 0. The van der Waals surface area contributed by atoms with E-state index in [0.29, 0.717) is 0 Å². The van der Waals surface area contributed by atoms with Crippen molar-refractivity contribution in [2.24, 2.45) is 11.0 Å². The average Bonchev–Trinajstić information content (AvgIpc) is 2.40. The minimum atomic E-state index is 0.885. The molecule has 1 rings (SSSR count). The van der Waals surface area contributed by atoms with Crippen molar-refractivity contribution in [3.05, 3.63) is 0 Å². The summed E-state index contributed by atoms with van der Waals surface area (Å²) in [6.45, 7) is 4.58. The summed E-state index contributed by atoms with van der Waals surface area (Å²) >= 11 is 0. The Morgan fingerprint density at radius 1 is 1.50 bits per heavy atom. The maximum absolute atomic E-state index is 3.84. The van der Waals surface area contributed by atoms with Gasteiger partial charge in [0.25, 0.3) is 0 Å². The van der Waals surface area contributed by atoms with E-state index in [1.54, 1.807) is 0 Å². The van der Waals surface area contributed by atoms with Gasteiger partial charge in [-0.05, 0) is 18.8 Å². The smallest absolute Gasteiger partial charge is 0.0385 e. The van der Waals surface area contributed by atoms with Gasteiger partial charge in [0, 0.05) is 20.3 Å². The van der Waals surface area contributed by atoms with E-state index in [2.05, 4.69) is 11.8 Å². The lowest BCUT2D eigenvalue weighted by Gasteiger charge is -2.16. The fourth-order valence-corrected chi connectivity index (χ4v) is 1.62. The van der Waals surface area contributed by atoms with Gasteiger partial charge in [-0.25, -0.2) is 0 Å². The molecule has 0 aromatic carbocycles. The molecule has 0 bridgehead atoms. The molecule has 0 heterocycles. The maximum atomic E-state index is 3.84. The standard InChI is InChI=1S/C8H16N2/c1-9-10(2)7-8-5-3-4-6-8/h8H,1,3-7H2,2H3. The summed E-state index contributed by atoms with van der Waals surface area (Å²) in [4.78, 5) is 0. The number of nitrogens with zero attached hydrogens (tertiary/aromatic N) is 2. The first-order chi connectivity index (χ1) is 4.83. The van der Waals surface area contributed by atoms with Crippen LogP contribution in [0.5, 0.6) is 0 Å². The fourth-order valence-electron chi connectivity index (χ4n) is 1.62. The molecule has 10 heavy (non-hydrogen) atoms. The Bertz CT molecular complexity index is 106. The molecular weight excluding hydrogens is 124 g/mol. The number of hydrazone groups is 1. The first-order valence-corrected chi connectivity index (χ1v) is 4.00. The van der Waals surface area contributed by atoms with E-state index in [-0.39, 0.29) is 0 Å². The van der Waals surface area contributed by atoms with Crippen LogP contribution >= 0.6 is 0 Å². The minimum Gasteiger partial charge on any atom is -0.300 e. The second kappa shape index (κ2) is 3.59. The topological polar surface area (TPSA) is 15.6 Å². The van der Waals surface area contributed by atoms with E-state index in [1.807, 2.05) is 12.1 Å². The lowest BCUT2D eigenvalue weighted by atomic mass is 10.1. The molecule has 0 saturated heterocycles. The summed E-state index contributed by atoms with van der Waals surface area (Å²) in [5, 5.41) is 5.78. The van der Waals surface area contributed by atoms with E-state index in [1.165, 1.54) is 25.7 Å². The van der Waals surface area contributed by atoms with Crippen LogP contribution < -0.4 is 0 Å². The van der Waals surface area contributed by atoms with Crippen LogP contribution in [0.3, 0.4) is 0 Å². The molecule has 0 amide bonds. The van der Waals surface area contributed by atoms with E-state index >= 15 is 0 Å². The van der Waals surface area contributed by atoms with Crippen LogP contribution in [0.1, 0.15) is 25.7 Å². The zero-order chi connectivity index (χ0) is 7.40. The van der Waals surface area contributed by atoms with Crippen molar-refractivity contribution in [2.45, 2.75) is 25.7 Å². The number of hydrogen-bond acceptors (Lipinski definition) is 2. The molecule has 1 saturated carbocycles. The monoisotopic (exact) mass is 140 g/mol. The molecule has 58 valence electrons. The van der Waals surface area contributed by atoms with Crippen LogP contribution in [-0.2, 0) is 0 Å². The van der Waals surface area contributed by atoms with E-state index in [4.69, 9.17) is 0 Å². The lowest BCUT2D eigenvalue weighted by molar-refractivity contribution is 0.293. The van der Waals surface area contributed by atoms with Crippen molar-refractivity contribution in [1.29, 1.82) is 0 Å². The Morgan fingerprint density at radius 3 is 2.60 bits per heavy atom. The molecule has 0 aromatic rings. The molecule has 0 aromatic heterocycles. The lowest BCUT2D eigenvalue weighted by Crippen LogP contribution is -2.18. The third kappa shape index (κ3) is 2.01. The van der Waals surface area contributed by atoms with E-state index in [9.17, 15) is 0 Å². The highest BCUT2D eigenvalue weighted by atomic mass is 15.4. The van der Waals surface area contributed by atoms with Gasteiger partial charge in [-0.3, -0.25) is 0 Å². The Hall–Kier alpha value is -0.530. The molecule has 1 aliphatic carbocycles. The molecule has 0 atom stereocenters. The second-order valence-corrected chi connectivity index (χ2v) is 3.13. The molecule has 0 N–H and O–H groups in total.